The van der Waals surface area contributed by atoms with Crippen LogP contribution in [0, 0.1) is 0 Å². The molecule has 0 radical (unpaired) electrons. The molecule has 0 spiro atoms. The van der Waals surface area contributed by atoms with Crippen molar-refractivity contribution < 1.29 is 13.2 Å². The number of likely N-dealkylation sites (N-methyl/N-ethyl adjacent to an activating group) is 1. The molecule has 0 unspecified atom stereocenters. The molecule has 1 aromatic carbocycles. The summed E-state index contributed by atoms with van der Waals surface area (Å²) in [6.45, 7) is 5.22. The SMILES string of the molecule is CN(CC(=O)NC(C)(C)C)S(=O)(=O)c1ccccc1Cl. The van der Waals surface area contributed by atoms with Gasteiger partial charge in [0.05, 0.1) is 11.6 Å². The molecule has 1 rings (SSSR count). The zero-order valence-electron chi connectivity index (χ0n) is 12.0. The molecule has 5 nitrogen and oxygen atoms in total. The van der Waals surface area contributed by atoms with Gasteiger partial charge in [-0.1, -0.05) is 23.7 Å². The van der Waals surface area contributed by atoms with Crippen molar-refractivity contribution in [1.82, 2.24) is 9.62 Å². The molecule has 0 bridgehead atoms. The van der Waals surface area contributed by atoms with E-state index in [1.165, 1.54) is 19.2 Å². The number of amides is 1. The predicted octanol–water partition coefficient (Wildman–Crippen LogP) is 1.88. The van der Waals surface area contributed by atoms with Crippen molar-refractivity contribution in [2.75, 3.05) is 13.6 Å². The maximum absolute atomic E-state index is 12.3. The molecule has 112 valence electrons. The average molecular weight is 319 g/mol. The van der Waals surface area contributed by atoms with Crippen molar-refractivity contribution in [2.24, 2.45) is 0 Å². The predicted molar refractivity (Wildman–Crippen MR) is 79.2 cm³/mol. The number of sulfonamides is 1. The fourth-order valence-corrected chi connectivity index (χ4v) is 3.18. The summed E-state index contributed by atoms with van der Waals surface area (Å²) in [4.78, 5) is 11.8. The monoisotopic (exact) mass is 318 g/mol. The summed E-state index contributed by atoms with van der Waals surface area (Å²) in [6, 6.07) is 6.14. The lowest BCUT2D eigenvalue weighted by molar-refractivity contribution is -0.122. The zero-order valence-corrected chi connectivity index (χ0v) is 13.5. The van der Waals surface area contributed by atoms with E-state index in [2.05, 4.69) is 5.32 Å². The van der Waals surface area contributed by atoms with Crippen LogP contribution < -0.4 is 5.32 Å². The van der Waals surface area contributed by atoms with Crippen LogP contribution in [-0.2, 0) is 14.8 Å². The molecule has 0 aliphatic rings. The number of carbonyl (C=O) groups is 1. The highest BCUT2D eigenvalue weighted by Gasteiger charge is 2.26. The number of nitrogens with one attached hydrogen (secondary N) is 1. The van der Waals surface area contributed by atoms with E-state index < -0.39 is 15.6 Å². The van der Waals surface area contributed by atoms with Crippen LogP contribution in [0.1, 0.15) is 20.8 Å². The number of hydrogen-bond acceptors (Lipinski definition) is 3. The maximum atomic E-state index is 12.3. The van der Waals surface area contributed by atoms with E-state index in [0.29, 0.717) is 0 Å². The fraction of sp³-hybridized carbons (Fsp3) is 0.462. The van der Waals surface area contributed by atoms with Crippen molar-refractivity contribution in [3.05, 3.63) is 29.3 Å². The summed E-state index contributed by atoms with van der Waals surface area (Å²) in [5.41, 5.74) is -0.411. The molecule has 7 heteroatoms. The standard InChI is InChI=1S/C13H19ClN2O3S/c1-13(2,3)15-12(17)9-16(4)20(18,19)11-8-6-5-7-10(11)14/h5-8H,9H2,1-4H3,(H,15,17). The molecule has 1 N–H and O–H groups in total. The van der Waals surface area contributed by atoms with Gasteiger partial charge in [-0.2, -0.15) is 4.31 Å². The Morgan fingerprint density at radius 3 is 2.35 bits per heavy atom. The van der Waals surface area contributed by atoms with Gasteiger partial charge in [-0.3, -0.25) is 4.79 Å². The second-order valence-electron chi connectivity index (χ2n) is 5.49. The van der Waals surface area contributed by atoms with Gasteiger partial charge in [0.15, 0.2) is 0 Å². The first-order valence-electron chi connectivity index (χ1n) is 6.06. The van der Waals surface area contributed by atoms with Crippen molar-refractivity contribution >= 4 is 27.5 Å². The number of halogens is 1. The number of benzene rings is 1. The molecular weight excluding hydrogens is 300 g/mol. The van der Waals surface area contributed by atoms with E-state index in [1.807, 2.05) is 20.8 Å². The molecule has 0 saturated heterocycles. The molecule has 0 fully saturated rings. The highest BCUT2D eigenvalue weighted by molar-refractivity contribution is 7.89. The lowest BCUT2D eigenvalue weighted by Crippen LogP contribution is -2.46. The molecule has 0 aliphatic heterocycles. The van der Waals surface area contributed by atoms with Gasteiger partial charge >= 0.3 is 0 Å². The molecule has 0 saturated carbocycles. The second-order valence-corrected chi connectivity index (χ2v) is 7.91. The van der Waals surface area contributed by atoms with E-state index in [9.17, 15) is 13.2 Å². The summed E-state index contributed by atoms with van der Waals surface area (Å²) in [7, 11) is -2.43. The Bertz CT molecular complexity index is 594. The van der Waals surface area contributed by atoms with Crippen molar-refractivity contribution in [2.45, 2.75) is 31.2 Å². The van der Waals surface area contributed by atoms with E-state index >= 15 is 0 Å². The minimum Gasteiger partial charge on any atom is -0.350 e. The summed E-state index contributed by atoms with van der Waals surface area (Å²) >= 11 is 5.89. The van der Waals surface area contributed by atoms with Gasteiger partial charge in [-0.05, 0) is 32.9 Å². The molecule has 0 atom stereocenters. The van der Waals surface area contributed by atoms with Gasteiger partial charge in [0.25, 0.3) is 0 Å². The first-order chi connectivity index (χ1) is 9.04. The number of hydrogen-bond donors (Lipinski definition) is 1. The van der Waals surface area contributed by atoms with E-state index in [1.54, 1.807) is 12.1 Å². The average Bonchev–Trinajstić information content (AvgIpc) is 2.26. The van der Waals surface area contributed by atoms with Crippen LogP contribution in [-0.4, -0.2) is 37.8 Å². The molecule has 1 amide bonds. The Kier molecular flexibility index (Phi) is 5.18. The summed E-state index contributed by atoms with van der Waals surface area (Å²) < 4.78 is 25.6. The van der Waals surface area contributed by atoms with Crippen LogP contribution >= 0.6 is 11.6 Å². The lowest BCUT2D eigenvalue weighted by Gasteiger charge is -2.23. The summed E-state index contributed by atoms with van der Waals surface area (Å²) in [6.07, 6.45) is 0. The Morgan fingerprint density at radius 2 is 1.85 bits per heavy atom. The second kappa shape index (κ2) is 6.11. The Morgan fingerprint density at radius 1 is 1.30 bits per heavy atom. The first-order valence-corrected chi connectivity index (χ1v) is 7.88. The Labute approximate surface area is 125 Å². The number of rotatable bonds is 4. The van der Waals surface area contributed by atoms with Crippen LogP contribution in [0.2, 0.25) is 5.02 Å². The third kappa shape index (κ3) is 4.47. The highest BCUT2D eigenvalue weighted by atomic mass is 35.5. The first kappa shape index (κ1) is 16.9. The molecule has 0 aliphatic carbocycles. The van der Waals surface area contributed by atoms with Gasteiger partial charge in [0.2, 0.25) is 15.9 Å². The van der Waals surface area contributed by atoms with Crippen LogP contribution in [0.25, 0.3) is 0 Å². The smallest absolute Gasteiger partial charge is 0.244 e. The normalized spacial score (nSPS) is 12.5. The zero-order chi connectivity index (χ0) is 15.6. The van der Waals surface area contributed by atoms with Crippen LogP contribution in [0.15, 0.2) is 29.2 Å². The number of carbonyl (C=O) groups excluding carboxylic acids is 1. The molecule has 20 heavy (non-hydrogen) atoms. The van der Waals surface area contributed by atoms with Crippen molar-refractivity contribution in [3.8, 4) is 0 Å². The molecule has 0 heterocycles. The van der Waals surface area contributed by atoms with Crippen molar-refractivity contribution in [1.29, 1.82) is 0 Å². The van der Waals surface area contributed by atoms with Gasteiger partial charge in [0.1, 0.15) is 4.90 Å². The van der Waals surface area contributed by atoms with Gasteiger partial charge in [-0.25, -0.2) is 8.42 Å². The van der Waals surface area contributed by atoms with Crippen LogP contribution in [0.5, 0.6) is 0 Å². The summed E-state index contributed by atoms with van der Waals surface area (Å²) in [5.74, 6) is -0.365. The lowest BCUT2D eigenvalue weighted by atomic mass is 10.1. The van der Waals surface area contributed by atoms with Crippen molar-refractivity contribution in [3.63, 3.8) is 0 Å². The van der Waals surface area contributed by atoms with Crippen LogP contribution in [0.4, 0.5) is 0 Å². The van der Waals surface area contributed by atoms with Gasteiger partial charge in [-0.15, -0.1) is 0 Å². The molecule has 0 aromatic heterocycles. The Hall–Kier alpha value is -1.11. The topological polar surface area (TPSA) is 66.5 Å². The largest absolute Gasteiger partial charge is 0.350 e. The van der Waals surface area contributed by atoms with Crippen LogP contribution in [0.3, 0.4) is 0 Å². The quantitative estimate of drug-likeness (QED) is 0.921. The highest BCUT2D eigenvalue weighted by Crippen LogP contribution is 2.23. The Balaban J connectivity index is 2.89. The minimum atomic E-state index is -3.78. The van der Waals surface area contributed by atoms with E-state index in [-0.39, 0.29) is 22.4 Å². The molecular formula is C13H19ClN2O3S. The minimum absolute atomic E-state index is 0.00674. The third-order valence-corrected chi connectivity index (χ3v) is 4.71. The maximum Gasteiger partial charge on any atom is 0.244 e. The number of nitrogens with zero attached hydrogens (tertiary/aromatic N) is 1. The van der Waals surface area contributed by atoms with Gasteiger partial charge in [0, 0.05) is 12.6 Å². The third-order valence-electron chi connectivity index (χ3n) is 2.41. The summed E-state index contributed by atoms with van der Waals surface area (Å²) in [5, 5.41) is 2.84. The van der Waals surface area contributed by atoms with E-state index in [4.69, 9.17) is 11.6 Å². The molecule has 1 aromatic rings. The van der Waals surface area contributed by atoms with E-state index in [0.717, 1.165) is 4.31 Å². The van der Waals surface area contributed by atoms with Gasteiger partial charge < -0.3 is 5.32 Å². The fourth-order valence-electron chi connectivity index (χ4n) is 1.57.